The molecule has 39 heavy (non-hydrogen) atoms. The van der Waals surface area contributed by atoms with Crippen LogP contribution in [0.4, 0.5) is 10.1 Å². The lowest BCUT2D eigenvalue weighted by Gasteiger charge is -2.33. The average molecular weight is 554 g/mol. The Labute approximate surface area is 230 Å². The van der Waals surface area contributed by atoms with E-state index in [0.717, 1.165) is 15.4 Å². The van der Waals surface area contributed by atoms with Crippen LogP contribution in [-0.2, 0) is 26.2 Å². The molecule has 7 nitrogen and oxygen atoms in total. The molecule has 0 unspecified atom stereocenters. The van der Waals surface area contributed by atoms with Crippen molar-refractivity contribution in [3.8, 4) is 0 Å². The highest BCUT2D eigenvalue weighted by atomic mass is 32.2. The first-order valence-electron chi connectivity index (χ1n) is 12.7. The zero-order valence-electron chi connectivity index (χ0n) is 23.2. The van der Waals surface area contributed by atoms with Crippen molar-refractivity contribution in [1.82, 2.24) is 10.2 Å². The molecule has 0 aliphatic heterocycles. The van der Waals surface area contributed by atoms with Gasteiger partial charge in [-0.3, -0.25) is 13.9 Å². The van der Waals surface area contributed by atoms with E-state index < -0.39 is 39.9 Å². The molecule has 3 aromatic rings. The van der Waals surface area contributed by atoms with Crippen molar-refractivity contribution in [2.45, 2.75) is 64.6 Å². The monoisotopic (exact) mass is 553 g/mol. The Morgan fingerprint density at radius 2 is 1.54 bits per heavy atom. The van der Waals surface area contributed by atoms with Crippen LogP contribution in [0.25, 0.3) is 0 Å². The van der Waals surface area contributed by atoms with Gasteiger partial charge in [0.2, 0.25) is 11.8 Å². The summed E-state index contributed by atoms with van der Waals surface area (Å²) in [7, 11) is -4.13. The van der Waals surface area contributed by atoms with Crippen molar-refractivity contribution in [3.05, 3.63) is 95.3 Å². The highest BCUT2D eigenvalue weighted by molar-refractivity contribution is 7.92. The number of benzene rings is 3. The highest BCUT2D eigenvalue weighted by Crippen LogP contribution is 2.26. The number of amides is 2. The fourth-order valence-electron chi connectivity index (χ4n) is 3.97. The normalized spacial score (nSPS) is 12.5. The van der Waals surface area contributed by atoms with E-state index in [4.69, 9.17) is 0 Å². The van der Waals surface area contributed by atoms with Gasteiger partial charge in [-0.25, -0.2) is 12.8 Å². The number of aryl methyl sites for hydroxylation is 2. The van der Waals surface area contributed by atoms with Crippen LogP contribution >= 0.6 is 0 Å². The molecule has 0 aliphatic carbocycles. The Bertz CT molecular complexity index is 1420. The van der Waals surface area contributed by atoms with Gasteiger partial charge in [-0.1, -0.05) is 36.4 Å². The predicted molar refractivity (Wildman–Crippen MR) is 151 cm³/mol. The van der Waals surface area contributed by atoms with E-state index >= 15 is 0 Å². The fourth-order valence-corrected chi connectivity index (χ4v) is 5.40. The predicted octanol–water partition coefficient (Wildman–Crippen LogP) is 4.97. The molecular weight excluding hydrogens is 517 g/mol. The Morgan fingerprint density at radius 1 is 0.923 bits per heavy atom. The van der Waals surface area contributed by atoms with Crippen molar-refractivity contribution in [1.29, 1.82) is 0 Å². The van der Waals surface area contributed by atoms with Gasteiger partial charge in [0.05, 0.1) is 10.6 Å². The molecule has 0 radical (unpaired) electrons. The number of hydrogen-bond donors (Lipinski definition) is 1. The smallest absolute Gasteiger partial charge is 0.264 e. The second kappa shape index (κ2) is 12.0. The molecule has 3 aromatic carbocycles. The summed E-state index contributed by atoms with van der Waals surface area (Å²) in [5, 5.41) is 2.88. The van der Waals surface area contributed by atoms with Crippen LogP contribution in [0.3, 0.4) is 0 Å². The summed E-state index contributed by atoms with van der Waals surface area (Å²) >= 11 is 0. The van der Waals surface area contributed by atoms with Crippen molar-refractivity contribution in [2.24, 2.45) is 0 Å². The van der Waals surface area contributed by atoms with Gasteiger partial charge in [0.1, 0.15) is 18.4 Å². The number of nitrogens with one attached hydrogen (secondary N) is 1. The fraction of sp³-hybridized carbons (Fsp3) is 0.333. The van der Waals surface area contributed by atoms with Crippen LogP contribution in [-0.4, -0.2) is 43.3 Å². The maximum atomic E-state index is 13.9. The number of carbonyl (C=O) groups excluding carboxylic acids is 2. The summed E-state index contributed by atoms with van der Waals surface area (Å²) in [6.07, 6.45) is 0. The molecule has 2 amide bonds. The zero-order valence-corrected chi connectivity index (χ0v) is 24.0. The lowest BCUT2D eigenvalue weighted by Crippen LogP contribution is -2.54. The number of sulfonamides is 1. The van der Waals surface area contributed by atoms with E-state index in [1.807, 2.05) is 34.6 Å². The SMILES string of the molecule is Cc1ccc(N(CC(=O)N(Cc2ccc(F)cc2)[C@H](C)C(=O)NC(C)(C)C)S(=O)(=O)c2ccccc2)cc1C. The number of nitrogens with zero attached hydrogens (tertiary/aromatic N) is 2. The molecule has 1 N–H and O–H groups in total. The van der Waals surface area contributed by atoms with Crippen molar-refractivity contribution < 1.29 is 22.4 Å². The molecule has 0 aromatic heterocycles. The number of hydrogen-bond acceptors (Lipinski definition) is 4. The third-order valence-electron chi connectivity index (χ3n) is 6.32. The van der Waals surface area contributed by atoms with Gasteiger partial charge in [-0.15, -0.1) is 0 Å². The first kappa shape index (κ1) is 29.8. The summed E-state index contributed by atoms with van der Waals surface area (Å²) in [6.45, 7) is 10.3. The molecule has 0 fully saturated rings. The molecule has 0 saturated heterocycles. The Kier molecular flexibility index (Phi) is 9.17. The summed E-state index contributed by atoms with van der Waals surface area (Å²) in [6, 6.07) is 17.8. The first-order chi connectivity index (χ1) is 18.2. The van der Waals surface area contributed by atoms with Crippen molar-refractivity contribution in [2.75, 3.05) is 10.8 Å². The molecule has 1 atom stereocenters. The molecule has 208 valence electrons. The molecule has 3 rings (SSSR count). The molecule has 0 saturated carbocycles. The van der Waals surface area contributed by atoms with E-state index in [-0.39, 0.29) is 17.3 Å². The highest BCUT2D eigenvalue weighted by Gasteiger charge is 2.33. The van der Waals surface area contributed by atoms with E-state index in [2.05, 4.69) is 5.32 Å². The maximum absolute atomic E-state index is 13.9. The van der Waals surface area contributed by atoms with Gasteiger partial charge in [-0.05, 0) is 94.6 Å². The summed E-state index contributed by atoms with van der Waals surface area (Å²) in [4.78, 5) is 28.4. The topological polar surface area (TPSA) is 86.8 Å². The summed E-state index contributed by atoms with van der Waals surface area (Å²) in [5.41, 5.74) is 2.24. The van der Waals surface area contributed by atoms with Crippen LogP contribution < -0.4 is 9.62 Å². The molecule has 0 bridgehead atoms. The molecule has 0 heterocycles. The quantitative estimate of drug-likeness (QED) is 0.405. The van der Waals surface area contributed by atoms with E-state index in [1.54, 1.807) is 43.3 Å². The van der Waals surface area contributed by atoms with Gasteiger partial charge >= 0.3 is 0 Å². The van der Waals surface area contributed by atoms with Crippen molar-refractivity contribution in [3.63, 3.8) is 0 Å². The number of rotatable bonds is 9. The van der Waals surface area contributed by atoms with Gasteiger partial charge in [0.25, 0.3) is 10.0 Å². The summed E-state index contributed by atoms with van der Waals surface area (Å²) in [5.74, 6) is -1.39. The van der Waals surface area contributed by atoms with E-state index in [1.165, 1.54) is 41.3 Å². The van der Waals surface area contributed by atoms with Crippen molar-refractivity contribution >= 4 is 27.5 Å². The Hall–Kier alpha value is -3.72. The molecule has 9 heteroatoms. The minimum absolute atomic E-state index is 0.00993. The van der Waals surface area contributed by atoms with Crippen LogP contribution in [0.15, 0.2) is 77.7 Å². The third-order valence-corrected chi connectivity index (χ3v) is 8.11. The number of anilines is 1. The largest absolute Gasteiger partial charge is 0.350 e. The van der Waals surface area contributed by atoms with E-state index in [0.29, 0.717) is 11.3 Å². The van der Waals surface area contributed by atoms with Gasteiger partial charge in [0.15, 0.2) is 0 Å². The third kappa shape index (κ3) is 7.66. The lowest BCUT2D eigenvalue weighted by atomic mass is 10.1. The van der Waals surface area contributed by atoms with Gasteiger partial charge in [-0.2, -0.15) is 0 Å². The minimum atomic E-state index is -4.13. The standard InChI is InChI=1S/C30H36FN3O4S/c1-21-12-17-26(18-22(21)2)34(39(37,38)27-10-8-7-9-11-27)20-28(35)33(19-24-13-15-25(31)16-14-24)23(3)29(36)32-30(4,5)6/h7-18,23H,19-20H2,1-6H3,(H,32,36)/t23-/m1/s1. The summed E-state index contributed by atoms with van der Waals surface area (Å²) < 4.78 is 42.2. The van der Waals surface area contributed by atoms with E-state index in [9.17, 15) is 22.4 Å². The first-order valence-corrected chi connectivity index (χ1v) is 14.1. The molecule has 0 spiro atoms. The maximum Gasteiger partial charge on any atom is 0.264 e. The Morgan fingerprint density at radius 3 is 2.10 bits per heavy atom. The lowest BCUT2D eigenvalue weighted by molar-refractivity contribution is -0.140. The van der Waals surface area contributed by atoms with Gasteiger partial charge in [0, 0.05) is 12.1 Å². The van der Waals surface area contributed by atoms with Gasteiger partial charge < -0.3 is 10.2 Å². The van der Waals surface area contributed by atoms with Crippen LogP contribution in [0, 0.1) is 19.7 Å². The van der Waals surface area contributed by atoms with Crippen LogP contribution in [0.1, 0.15) is 44.4 Å². The molecule has 0 aliphatic rings. The Balaban J connectivity index is 2.04. The van der Waals surface area contributed by atoms with Crippen LogP contribution in [0.2, 0.25) is 0 Å². The number of carbonyl (C=O) groups is 2. The second-order valence-electron chi connectivity index (χ2n) is 10.7. The average Bonchev–Trinajstić information content (AvgIpc) is 2.87. The minimum Gasteiger partial charge on any atom is -0.350 e. The van der Waals surface area contributed by atoms with Crippen LogP contribution in [0.5, 0.6) is 0 Å². The number of halogens is 1. The zero-order chi connectivity index (χ0) is 29.0. The molecular formula is C30H36FN3O4S. The second-order valence-corrected chi connectivity index (χ2v) is 12.5.